The summed E-state index contributed by atoms with van der Waals surface area (Å²) in [4.78, 5) is 18.7. The van der Waals surface area contributed by atoms with E-state index in [2.05, 4.69) is 15.4 Å². The maximum atomic E-state index is 12.5. The molecule has 1 aromatic carbocycles. The van der Waals surface area contributed by atoms with Crippen molar-refractivity contribution in [1.29, 1.82) is 0 Å². The molecule has 0 unspecified atom stereocenters. The molecule has 1 amide bonds. The molecule has 0 saturated carbocycles. The highest BCUT2D eigenvalue weighted by Crippen LogP contribution is 2.19. The van der Waals surface area contributed by atoms with Crippen molar-refractivity contribution in [3.63, 3.8) is 0 Å². The van der Waals surface area contributed by atoms with E-state index in [9.17, 15) is 4.79 Å². The number of hydrogen-bond acceptors (Lipinski definition) is 4. The number of aromatic nitrogens is 2. The number of carbonyl (C=O) groups is 1. The highest BCUT2D eigenvalue weighted by atomic mass is 16.5. The predicted molar refractivity (Wildman–Crippen MR) is 100 cm³/mol. The molecule has 0 atom stereocenters. The van der Waals surface area contributed by atoms with E-state index in [1.54, 1.807) is 11.9 Å². The van der Waals surface area contributed by atoms with Gasteiger partial charge in [-0.3, -0.25) is 19.4 Å². The van der Waals surface area contributed by atoms with Crippen LogP contribution in [0.1, 0.15) is 18.4 Å². The normalized spacial score (nSPS) is 21.9. The highest BCUT2D eigenvalue weighted by Gasteiger charge is 2.28. The third-order valence-corrected chi connectivity index (χ3v) is 5.02. The molecule has 1 N–H and O–H groups in total. The van der Waals surface area contributed by atoms with E-state index in [-0.39, 0.29) is 5.91 Å². The van der Waals surface area contributed by atoms with Gasteiger partial charge in [0.05, 0.1) is 11.7 Å². The molecule has 0 aliphatic carbocycles. The number of ether oxygens (including phenoxy) is 1. The molecule has 4 rings (SSSR count). The van der Waals surface area contributed by atoms with Crippen LogP contribution in [0.15, 0.2) is 35.1 Å². The number of aryl methyl sites for hydroxylation is 1. The smallest absolute Gasteiger partial charge is 0.276 e. The molecule has 2 saturated heterocycles. The first-order valence-electron chi connectivity index (χ1n) is 8.92. The van der Waals surface area contributed by atoms with Gasteiger partial charge in [-0.1, -0.05) is 6.07 Å². The second-order valence-corrected chi connectivity index (χ2v) is 6.85. The Morgan fingerprint density at radius 2 is 2.15 bits per heavy atom. The van der Waals surface area contributed by atoms with Crippen LogP contribution in [0.5, 0.6) is 0 Å². The van der Waals surface area contributed by atoms with Gasteiger partial charge in [-0.15, -0.1) is 0 Å². The minimum Gasteiger partial charge on any atom is -0.381 e. The number of likely N-dealkylation sites (N-methyl/N-ethyl adjacent to an activating group) is 1. The molecule has 2 fully saturated rings. The number of benzene rings is 1. The minimum absolute atomic E-state index is 0.0676. The molecule has 2 aliphatic rings. The summed E-state index contributed by atoms with van der Waals surface area (Å²) in [5.74, 6) is 1.08. The first-order valence-corrected chi connectivity index (χ1v) is 8.92. The van der Waals surface area contributed by atoms with Gasteiger partial charge in [-0.05, 0) is 42.5 Å². The number of carbonyl (C=O) groups excluding carboxylic acids is 1. The van der Waals surface area contributed by atoms with Gasteiger partial charge in [0, 0.05) is 39.2 Å². The number of amides is 1. The SMILES string of the molecule is CN1C(=O)/C(=C/c2ccc3c(cnn3C)c2)NC1=NCC1CCOCC1. The zero-order chi connectivity index (χ0) is 18.1. The van der Waals surface area contributed by atoms with Crippen LogP contribution in [-0.4, -0.2) is 53.4 Å². The number of nitrogens with zero attached hydrogens (tertiary/aromatic N) is 4. The summed E-state index contributed by atoms with van der Waals surface area (Å²) in [7, 11) is 3.67. The molecule has 7 heteroatoms. The molecule has 3 heterocycles. The van der Waals surface area contributed by atoms with E-state index in [0.29, 0.717) is 17.6 Å². The average molecular weight is 353 g/mol. The van der Waals surface area contributed by atoms with Gasteiger partial charge in [0.1, 0.15) is 5.70 Å². The molecule has 0 radical (unpaired) electrons. The number of nitrogens with one attached hydrogen (secondary N) is 1. The summed E-state index contributed by atoms with van der Waals surface area (Å²) in [6, 6.07) is 6.03. The lowest BCUT2D eigenvalue weighted by atomic mass is 10.0. The fourth-order valence-electron chi connectivity index (χ4n) is 3.36. The lowest BCUT2D eigenvalue weighted by Gasteiger charge is -2.20. The largest absolute Gasteiger partial charge is 0.381 e. The van der Waals surface area contributed by atoms with Gasteiger partial charge in [-0.25, -0.2) is 0 Å². The van der Waals surface area contributed by atoms with Crippen LogP contribution in [0, 0.1) is 5.92 Å². The van der Waals surface area contributed by atoms with Gasteiger partial charge in [0.15, 0.2) is 0 Å². The van der Waals surface area contributed by atoms with E-state index in [4.69, 9.17) is 4.74 Å². The third kappa shape index (κ3) is 3.22. The molecule has 136 valence electrons. The zero-order valence-corrected chi connectivity index (χ0v) is 15.1. The number of guanidine groups is 1. The average Bonchev–Trinajstić information content (AvgIpc) is 3.16. The topological polar surface area (TPSA) is 71.8 Å². The Morgan fingerprint density at radius 1 is 1.35 bits per heavy atom. The number of aliphatic imine (C=N–C) groups is 1. The number of hydrogen-bond donors (Lipinski definition) is 1. The maximum absolute atomic E-state index is 12.5. The predicted octanol–water partition coefficient (Wildman–Crippen LogP) is 1.76. The van der Waals surface area contributed by atoms with Crippen LogP contribution >= 0.6 is 0 Å². The van der Waals surface area contributed by atoms with Crippen LogP contribution in [0.25, 0.3) is 17.0 Å². The van der Waals surface area contributed by atoms with Gasteiger partial charge in [0.25, 0.3) is 5.91 Å². The summed E-state index contributed by atoms with van der Waals surface area (Å²) in [5.41, 5.74) is 2.57. The van der Waals surface area contributed by atoms with Crippen molar-refractivity contribution in [2.45, 2.75) is 12.8 Å². The Morgan fingerprint density at radius 3 is 2.96 bits per heavy atom. The van der Waals surface area contributed by atoms with Gasteiger partial charge in [-0.2, -0.15) is 5.10 Å². The maximum Gasteiger partial charge on any atom is 0.276 e. The lowest BCUT2D eigenvalue weighted by Crippen LogP contribution is -2.29. The fraction of sp³-hybridized carbons (Fsp3) is 0.421. The molecule has 0 bridgehead atoms. The van der Waals surface area contributed by atoms with E-state index in [1.807, 2.05) is 42.2 Å². The molecule has 1 aromatic heterocycles. The Balaban J connectivity index is 1.52. The van der Waals surface area contributed by atoms with E-state index in [0.717, 1.165) is 49.1 Å². The van der Waals surface area contributed by atoms with Crippen molar-refractivity contribution in [2.24, 2.45) is 18.0 Å². The summed E-state index contributed by atoms with van der Waals surface area (Å²) >= 11 is 0. The second kappa shape index (κ2) is 6.92. The first-order chi connectivity index (χ1) is 12.6. The molecule has 2 aliphatic heterocycles. The second-order valence-electron chi connectivity index (χ2n) is 6.85. The lowest BCUT2D eigenvalue weighted by molar-refractivity contribution is -0.121. The van der Waals surface area contributed by atoms with Crippen LogP contribution in [0.4, 0.5) is 0 Å². The van der Waals surface area contributed by atoms with Crippen molar-refractivity contribution in [2.75, 3.05) is 26.8 Å². The Labute approximate surface area is 152 Å². The molecular weight excluding hydrogens is 330 g/mol. The van der Waals surface area contributed by atoms with E-state index in [1.165, 1.54) is 0 Å². The van der Waals surface area contributed by atoms with Crippen molar-refractivity contribution in [3.8, 4) is 0 Å². The Bertz CT molecular complexity index is 892. The van der Waals surface area contributed by atoms with Gasteiger partial charge < -0.3 is 10.1 Å². The number of rotatable bonds is 3. The first kappa shape index (κ1) is 16.8. The van der Waals surface area contributed by atoms with Crippen molar-refractivity contribution >= 4 is 28.8 Å². The van der Waals surface area contributed by atoms with Crippen molar-refractivity contribution < 1.29 is 9.53 Å². The number of fused-ring (bicyclic) bond motifs is 1. The Hall–Kier alpha value is -2.67. The van der Waals surface area contributed by atoms with Crippen LogP contribution in [0.3, 0.4) is 0 Å². The summed E-state index contributed by atoms with van der Waals surface area (Å²) in [6.07, 6.45) is 5.75. The molecule has 0 spiro atoms. The summed E-state index contributed by atoms with van der Waals surface area (Å²) < 4.78 is 7.21. The fourth-order valence-corrected chi connectivity index (χ4v) is 3.36. The van der Waals surface area contributed by atoms with Crippen molar-refractivity contribution in [1.82, 2.24) is 20.0 Å². The van der Waals surface area contributed by atoms with E-state index >= 15 is 0 Å². The van der Waals surface area contributed by atoms with Gasteiger partial charge >= 0.3 is 0 Å². The quantitative estimate of drug-likeness (QED) is 0.854. The molecular formula is C19H23N5O2. The zero-order valence-electron chi connectivity index (χ0n) is 15.1. The third-order valence-electron chi connectivity index (χ3n) is 5.02. The van der Waals surface area contributed by atoms with Crippen molar-refractivity contribution in [3.05, 3.63) is 35.7 Å². The van der Waals surface area contributed by atoms with Crippen LogP contribution in [-0.2, 0) is 16.6 Å². The van der Waals surface area contributed by atoms with Gasteiger partial charge in [0.2, 0.25) is 5.96 Å². The highest BCUT2D eigenvalue weighted by molar-refractivity contribution is 6.15. The monoisotopic (exact) mass is 353 g/mol. The Kier molecular flexibility index (Phi) is 4.46. The standard InChI is InChI=1S/C19H23N5O2/c1-23-18(25)16(22-19(23)20-11-13-5-7-26-8-6-13)10-14-3-4-17-15(9-14)12-21-24(17)2/h3-4,9-10,12-13H,5-8,11H2,1-2H3,(H,20,22)/b16-10-. The molecule has 2 aromatic rings. The molecule has 7 nitrogen and oxygen atoms in total. The van der Waals surface area contributed by atoms with E-state index < -0.39 is 0 Å². The molecule has 26 heavy (non-hydrogen) atoms. The van der Waals surface area contributed by atoms with Crippen LogP contribution in [0.2, 0.25) is 0 Å². The van der Waals surface area contributed by atoms with Crippen LogP contribution < -0.4 is 5.32 Å². The summed E-state index contributed by atoms with van der Waals surface area (Å²) in [5, 5.41) is 8.47. The minimum atomic E-state index is -0.0676. The summed E-state index contributed by atoms with van der Waals surface area (Å²) in [6.45, 7) is 2.33.